The van der Waals surface area contributed by atoms with Crippen molar-refractivity contribution in [3.8, 4) is 0 Å². The van der Waals surface area contributed by atoms with Gasteiger partial charge in [-0.15, -0.1) is 0 Å². The molecule has 0 amide bonds. The molecule has 41 heavy (non-hydrogen) atoms. The van der Waals surface area contributed by atoms with E-state index in [2.05, 4.69) is 72.2 Å². The van der Waals surface area contributed by atoms with Crippen molar-refractivity contribution in [2.75, 3.05) is 23.9 Å². The Morgan fingerprint density at radius 2 is 1.00 bits per heavy atom. The summed E-state index contributed by atoms with van der Waals surface area (Å²) in [5.74, 6) is -0.419. The van der Waals surface area contributed by atoms with E-state index in [4.69, 9.17) is 0 Å². The summed E-state index contributed by atoms with van der Waals surface area (Å²) in [6.07, 6.45) is 0. The predicted octanol–water partition coefficient (Wildman–Crippen LogP) is 8.27. The lowest BCUT2D eigenvalue weighted by Crippen LogP contribution is -2.14. The quantitative estimate of drug-likeness (QED) is 0.152. The highest BCUT2D eigenvalue weighted by atomic mass is 32.2. The van der Waals surface area contributed by atoms with E-state index in [9.17, 15) is 13.0 Å². The lowest BCUT2D eigenvalue weighted by molar-refractivity contribution is 0.482. The van der Waals surface area contributed by atoms with Crippen molar-refractivity contribution in [1.82, 2.24) is 0 Å². The Morgan fingerprint density at radius 1 is 0.585 bits per heavy atom. The second-order valence-electron chi connectivity index (χ2n) is 10.3. The third kappa shape index (κ3) is 5.89. The summed E-state index contributed by atoms with van der Waals surface area (Å²) in [6, 6.07) is 39.5. The van der Waals surface area contributed by atoms with E-state index in [-0.39, 0.29) is 4.90 Å². The van der Waals surface area contributed by atoms with Gasteiger partial charge in [0, 0.05) is 42.8 Å². The molecular formula is C35H34N2O3S. The van der Waals surface area contributed by atoms with Gasteiger partial charge in [0.25, 0.3) is 10.1 Å². The minimum absolute atomic E-state index is 0.0868. The molecule has 5 rings (SSSR count). The maximum atomic E-state index is 12.5. The topological polar surface area (TPSA) is 60.9 Å². The van der Waals surface area contributed by atoms with E-state index in [1.807, 2.05) is 68.7 Å². The number of rotatable bonds is 8. The van der Waals surface area contributed by atoms with Crippen LogP contribution in [0.25, 0.3) is 0 Å². The van der Waals surface area contributed by atoms with Gasteiger partial charge in [0.1, 0.15) is 0 Å². The molecule has 0 spiro atoms. The van der Waals surface area contributed by atoms with Gasteiger partial charge in [-0.2, -0.15) is 8.42 Å². The van der Waals surface area contributed by atoms with Gasteiger partial charge in [-0.1, -0.05) is 78.9 Å². The van der Waals surface area contributed by atoms with Gasteiger partial charge in [0.15, 0.2) is 0 Å². The van der Waals surface area contributed by atoms with Gasteiger partial charge in [-0.05, 0) is 84.1 Å². The Morgan fingerprint density at radius 3 is 1.41 bits per heavy atom. The molecule has 0 aromatic heterocycles. The van der Waals surface area contributed by atoms with Gasteiger partial charge < -0.3 is 9.80 Å². The number of hydrogen-bond acceptors (Lipinski definition) is 4. The van der Waals surface area contributed by atoms with Crippen LogP contribution in [-0.2, 0) is 10.1 Å². The van der Waals surface area contributed by atoms with Crippen molar-refractivity contribution in [1.29, 1.82) is 0 Å². The summed E-state index contributed by atoms with van der Waals surface area (Å²) >= 11 is 0. The van der Waals surface area contributed by atoms with E-state index < -0.39 is 16.0 Å². The fourth-order valence-corrected chi connectivity index (χ4v) is 6.29. The molecular weight excluding hydrogens is 528 g/mol. The first-order valence-electron chi connectivity index (χ1n) is 13.5. The lowest BCUT2D eigenvalue weighted by atomic mass is 9.83. The molecule has 0 radical (unpaired) electrons. The van der Waals surface area contributed by atoms with Gasteiger partial charge in [-0.3, -0.25) is 4.55 Å². The smallest absolute Gasteiger partial charge is 0.294 e. The Bertz CT molecular complexity index is 1680. The molecule has 0 atom stereocenters. The van der Waals surface area contributed by atoms with Gasteiger partial charge in [0.2, 0.25) is 0 Å². The maximum Gasteiger partial charge on any atom is 0.294 e. The molecule has 0 fully saturated rings. The van der Waals surface area contributed by atoms with E-state index >= 15 is 0 Å². The molecule has 0 aliphatic carbocycles. The van der Waals surface area contributed by atoms with Crippen LogP contribution in [0.1, 0.15) is 33.7 Å². The third-order valence-corrected chi connectivity index (χ3v) is 8.55. The molecule has 208 valence electrons. The van der Waals surface area contributed by atoms with Crippen molar-refractivity contribution < 1.29 is 13.0 Å². The fraction of sp³-hybridized carbons (Fsp3) is 0.143. The molecule has 0 bridgehead atoms. The van der Waals surface area contributed by atoms with Crippen molar-refractivity contribution in [3.63, 3.8) is 0 Å². The Balaban J connectivity index is 1.63. The molecule has 5 aromatic carbocycles. The van der Waals surface area contributed by atoms with Crippen molar-refractivity contribution in [2.24, 2.45) is 0 Å². The zero-order valence-electron chi connectivity index (χ0n) is 23.7. The number of anilines is 4. The van der Waals surface area contributed by atoms with Gasteiger partial charge >= 0.3 is 0 Å². The standard InChI is InChI=1S/C35H34N2O3S/c1-25-23-27(19-21-32(25)36(3)29-13-7-5-8-14-29)35(31-17-11-12-18-34(31)41(38,39)40)28-20-22-33(26(2)24-28)37(4)30-15-9-6-10-16-30/h5-24,35H,1-4H3,(H,38,39,40). The van der Waals surface area contributed by atoms with E-state index in [0.29, 0.717) is 5.56 Å². The number of aryl methyl sites for hydroxylation is 2. The third-order valence-electron chi connectivity index (χ3n) is 7.63. The zero-order chi connectivity index (χ0) is 29.1. The van der Waals surface area contributed by atoms with Gasteiger partial charge in [-0.25, -0.2) is 0 Å². The Hall–Kier alpha value is -4.39. The molecule has 0 aliphatic heterocycles. The van der Waals surface area contributed by atoms with Crippen LogP contribution in [-0.4, -0.2) is 27.1 Å². The SMILES string of the molecule is Cc1cc(C(c2ccc(N(C)c3ccccc3)c(C)c2)c2ccccc2S(=O)(=O)O)ccc1N(C)c1ccccc1. The molecule has 5 aromatic rings. The second kappa shape index (κ2) is 11.6. The highest BCUT2D eigenvalue weighted by molar-refractivity contribution is 7.85. The van der Waals surface area contributed by atoms with Crippen LogP contribution in [0.2, 0.25) is 0 Å². The first-order chi connectivity index (χ1) is 19.6. The van der Waals surface area contributed by atoms with Crippen LogP contribution in [0.3, 0.4) is 0 Å². The molecule has 1 N–H and O–H groups in total. The fourth-order valence-electron chi connectivity index (χ4n) is 5.56. The lowest BCUT2D eigenvalue weighted by Gasteiger charge is -2.27. The number of para-hydroxylation sites is 2. The monoisotopic (exact) mass is 562 g/mol. The highest BCUT2D eigenvalue weighted by Crippen LogP contribution is 2.40. The summed E-state index contributed by atoms with van der Waals surface area (Å²) in [7, 11) is -0.375. The molecule has 0 aliphatic rings. The largest absolute Gasteiger partial charge is 0.344 e. The maximum absolute atomic E-state index is 12.5. The first kappa shape index (κ1) is 28.1. The van der Waals surface area contributed by atoms with Crippen LogP contribution >= 0.6 is 0 Å². The van der Waals surface area contributed by atoms with Crippen molar-refractivity contribution in [3.05, 3.63) is 149 Å². The Labute approximate surface area is 243 Å². The summed E-state index contributed by atoms with van der Waals surface area (Å²) < 4.78 is 35.2. The predicted molar refractivity (Wildman–Crippen MR) is 169 cm³/mol. The average molecular weight is 563 g/mol. The van der Waals surface area contributed by atoms with Crippen LogP contribution in [0.15, 0.2) is 126 Å². The molecule has 5 nitrogen and oxygen atoms in total. The number of hydrogen-bond donors (Lipinski definition) is 1. The van der Waals surface area contributed by atoms with Crippen molar-refractivity contribution in [2.45, 2.75) is 24.7 Å². The Kier molecular flexibility index (Phi) is 7.97. The first-order valence-corrected chi connectivity index (χ1v) is 14.9. The van der Waals surface area contributed by atoms with Gasteiger partial charge in [0.05, 0.1) is 4.90 Å². The summed E-state index contributed by atoms with van der Waals surface area (Å²) in [5.41, 5.74) is 8.77. The summed E-state index contributed by atoms with van der Waals surface area (Å²) in [5, 5.41) is 0. The highest BCUT2D eigenvalue weighted by Gasteiger charge is 2.26. The minimum Gasteiger partial charge on any atom is -0.344 e. The molecule has 0 saturated heterocycles. The normalized spacial score (nSPS) is 11.5. The zero-order valence-corrected chi connectivity index (χ0v) is 24.5. The molecule has 0 unspecified atom stereocenters. The van der Waals surface area contributed by atoms with Crippen LogP contribution in [0.5, 0.6) is 0 Å². The molecule has 0 saturated carbocycles. The number of benzene rings is 5. The van der Waals surface area contributed by atoms with Crippen LogP contribution in [0.4, 0.5) is 22.7 Å². The molecule has 0 heterocycles. The van der Waals surface area contributed by atoms with Crippen LogP contribution < -0.4 is 9.80 Å². The average Bonchev–Trinajstić information content (AvgIpc) is 2.97. The van der Waals surface area contributed by atoms with Crippen LogP contribution in [0, 0.1) is 13.8 Å². The van der Waals surface area contributed by atoms with Crippen molar-refractivity contribution >= 4 is 32.9 Å². The summed E-state index contributed by atoms with van der Waals surface area (Å²) in [6.45, 7) is 4.13. The van der Waals surface area contributed by atoms with E-state index in [1.54, 1.807) is 12.1 Å². The second-order valence-corrected chi connectivity index (χ2v) is 11.7. The number of nitrogens with zero attached hydrogens (tertiary/aromatic N) is 2. The minimum atomic E-state index is -4.45. The summed E-state index contributed by atoms with van der Waals surface area (Å²) in [4.78, 5) is 4.19. The molecule has 6 heteroatoms. The van der Waals surface area contributed by atoms with E-state index in [1.165, 1.54) is 6.07 Å². The van der Waals surface area contributed by atoms with E-state index in [0.717, 1.165) is 45.0 Å².